The van der Waals surface area contributed by atoms with Crippen LogP contribution in [0.2, 0.25) is 0 Å². The Kier molecular flexibility index (Phi) is 6.23. The number of benzene rings is 1. The first-order valence-corrected chi connectivity index (χ1v) is 9.19. The van der Waals surface area contributed by atoms with Crippen LogP contribution in [-0.4, -0.2) is 38.0 Å². The molecule has 2 aliphatic rings. The number of rotatable bonds is 6. The second-order valence-corrected chi connectivity index (χ2v) is 6.96. The lowest BCUT2D eigenvalue weighted by atomic mass is 9.80. The Bertz CT molecular complexity index is 560. The summed E-state index contributed by atoms with van der Waals surface area (Å²) in [7, 11) is 1.59. The summed E-state index contributed by atoms with van der Waals surface area (Å²) in [6, 6.07) is 9.70. The Morgan fingerprint density at radius 3 is 2.68 bits per heavy atom. The summed E-state index contributed by atoms with van der Waals surface area (Å²) in [6.07, 6.45) is 1.11. The summed E-state index contributed by atoms with van der Waals surface area (Å²) < 4.78 is 23.3. The van der Waals surface area contributed by atoms with Crippen molar-refractivity contribution in [1.82, 2.24) is 0 Å². The number of carbonyl (C=O) groups is 1. The zero-order chi connectivity index (χ0) is 17.8. The first-order chi connectivity index (χ1) is 12.2. The Morgan fingerprint density at radius 1 is 1.24 bits per heavy atom. The molecule has 0 aromatic heterocycles. The van der Waals surface area contributed by atoms with E-state index in [2.05, 4.69) is 13.8 Å². The number of ether oxygens (including phenoxy) is 4. The van der Waals surface area contributed by atoms with E-state index >= 15 is 0 Å². The van der Waals surface area contributed by atoms with Crippen LogP contribution in [0, 0.1) is 11.8 Å². The van der Waals surface area contributed by atoms with Gasteiger partial charge >= 0.3 is 0 Å². The Balaban J connectivity index is 1.75. The molecule has 0 unspecified atom stereocenters. The van der Waals surface area contributed by atoms with Crippen LogP contribution in [-0.2, 0) is 23.7 Å². The minimum Gasteiger partial charge on any atom is -0.355 e. The fraction of sp³-hybridized carbons (Fsp3) is 0.650. The summed E-state index contributed by atoms with van der Waals surface area (Å²) in [5.74, 6) is -0.0248. The van der Waals surface area contributed by atoms with Crippen LogP contribution >= 0.6 is 0 Å². The first kappa shape index (κ1) is 18.5. The quantitative estimate of drug-likeness (QED) is 0.788. The number of carbonyl (C=O) groups excluding carboxylic acids is 1. The minimum absolute atomic E-state index is 0.0796. The van der Waals surface area contributed by atoms with Gasteiger partial charge in [0.15, 0.2) is 18.4 Å². The molecule has 2 saturated heterocycles. The molecule has 2 heterocycles. The van der Waals surface area contributed by atoms with E-state index in [1.165, 1.54) is 0 Å². The standard InChI is InChI=1S/C20H28O5/c1-4-5-9-13(2)16-17(21)18-15(24-20(16)22-3)12-23-19(25-18)14-10-7-6-8-11-14/h6-8,10-11,13,15-16,18-20H,4-5,9,12H2,1-3H3/t13-,15+,16+,18+,19+,20-/m0/s1. The largest absolute Gasteiger partial charge is 0.355 e. The van der Waals surface area contributed by atoms with E-state index in [9.17, 15) is 4.79 Å². The van der Waals surface area contributed by atoms with E-state index < -0.39 is 24.8 Å². The molecule has 0 N–H and O–H groups in total. The van der Waals surface area contributed by atoms with Crippen molar-refractivity contribution in [2.75, 3.05) is 13.7 Å². The van der Waals surface area contributed by atoms with Crippen molar-refractivity contribution in [3.05, 3.63) is 35.9 Å². The van der Waals surface area contributed by atoms with E-state index in [1.54, 1.807) is 7.11 Å². The Morgan fingerprint density at radius 2 is 2.00 bits per heavy atom. The maximum atomic E-state index is 13.2. The van der Waals surface area contributed by atoms with Crippen molar-refractivity contribution < 1.29 is 23.7 Å². The van der Waals surface area contributed by atoms with Crippen LogP contribution in [0.5, 0.6) is 0 Å². The molecule has 5 nitrogen and oxygen atoms in total. The Hall–Kier alpha value is -1.27. The van der Waals surface area contributed by atoms with Crippen LogP contribution in [0.25, 0.3) is 0 Å². The van der Waals surface area contributed by atoms with Gasteiger partial charge in [-0.15, -0.1) is 0 Å². The highest BCUT2D eigenvalue weighted by molar-refractivity contribution is 5.87. The highest BCUT2D eigenvalue weighted by Gasteiger charge is 2.50. The monoisotopic (exact) mass is 348 g/mol. The molecule has 25 heavy (non-hydrogen) atoms. The van der Waals surface area contributed by atoms with Gasteiger partial charge in [-0.25, -0.2) is 0 Å². The smallest absolute Gasteiger partial charge is 0.184 e. The lowest BCUT2D eigenvalue weighted by Gasteiger charge is -2.45. The van der Waals surface area contributed by atoms with Crippen molar-refractivity contribution in [1.29, 1.82) is 0 Å². The predicted molar refractivity (Wildman–Crippen MR) is 92.9 cm³/mol. The van der Waals surface area contributed by atoms with Gasteiger partial charge in [-0.3, -0.25) is 4.79 Å². The second kappa shape index (κ2) is 8.41. The van der Waals surface area contributed by atoms with Crippen LogP contribution in [0.3, 0.4) is 0 Å². The van der Waals surface area contributed by atoms with Crippen LogP contribution in [0.15, 0.2) is 30.3 Å². The van der Waals surface area contributed by atoms with Crippen molar-refractivity contribution in [3.63, 3.8) is 0 Å². The molecule has 1 aromatic carbocycles. The van der Waals surface area contributed by atoms with Crippen molar-refractivity contribution >= 4 is 5.78 Å². The molecule has 0 amide bonds. The van der Waals surface area contributed by atoms with Gasteiger partial charge in [0.25, 0.3) is 0 Å². The van der Waals surface area contributed by atoms with Gasteiger partial charge in [-0.1, -0.05) is 57.0 Å². The number of hydrogen-bond acceptors (Lipinski definition) is 5. The molecule has 0 spiro atoms. The van der Waals surface area contributed by atoms with E-state index in [0.717, 1.165) is 24.8 Å². The molecule has 3 rings (SSSR count). The molecular formula is C20H28O5. The van der Waals surface area contributed by atoms with Crippen molar-refractivity contribution in [2.24, 2.45) is 11.8 Å². The third-order valence-corrected chi connectivity index (χ3v) is 5.16. The van der Waals surface area contributed by atoms with Crippen molar-refractivity contribution in [2.45, 2.75) is 57.9 Å². The van der Waals surface area contributed by atoms with Gasteiger partial charge in [-0.2, -0.15) is 0 Å². The highest BCUT2D eigenvalue weighted by atomic mass is 16.7. The second-order valence-electron chi connectivity index (χ2n) is 6.96. The van der Waals surface area contributed by atoms with Crippen molar-refractivity contribution in [3.8, 4) is 0 Å². The average molecular weight is 348 g/mol. The number of hydrogen-bond donors (Lipinski definition) is 0. The normalized spacial score (nSPS) is 33.7. The topological polar surface area (TPSA) is 54.0 Å². The average Bonchev–Trinajstić information content (AvgIpc) is 2.66. The summed E-state index contributed by atoms with van der Waals surface area (Å²) >= 11 is 0. The van der Waals surface area contributed by atoms with Crippen LogP contribution in [0.4, 0.5) is 0 Å². The molecule has 0 radical (unpaired) electrons. The molecule has 0 saturated carbocycles. The van der Waals surface area contributed by atoms with E-state index in [-0.39, 0.29) is 17.6 Å². The van der Waals surface area contributed by atoms with E-state index in [1.807, 2.05) is 30.3 Å². The summed E-state index contributed by atoms with van der Waals surface area (Å²) in [5.41, 5.74) is 0.915. The molecule has 138 valence electrons. The molecule has 5 heteroatoms. The maximum Gasteiger partial charge on any atom is 0.184 e. The number of Topliss-reactive ketones (excluding diaryl/α,β-unsaturated/α-hetero) is 1. The SMILES string of the molecule is CCCC[C@H](C)[C@@H]1C(=O)[C@@H]2O[C@H](c3ccccc3)OC[C@H]2O[C@@H]1OC. The summed E-state index contributed by atoms with van der Waals surface area (Å²) in [4.78, 5) is 13.2. The number of ketones is 1. The van der Waals surface area contributed by atoms with Crippen LogP contribution in [0.1, 0.15) is 45.0 Å². The Labute approximate surface area is 149 Å². The molecule has 6 atom stereocenters. The molecule has 2 aliphatic heterocycles. The fourth-order valence-electron chi connectivity index (χ4n) is 3.71. The molecule has 1 aromatic rings. The zero-order valence-electron chi connectivity index (χ0n) is 15.2. The zero-order valence-corrected chi connectivity index (χ0v) is 15.2. The first-order valence-electron chi connectivity index (χ1n) is 9.19. The third-order valence-electron chi connectivity index (χ3n) is 5.16. The number of methoxy groups -OCH3 is 1. The molecule has 0 aliphatic carbocycles. The predicted octanol–water partition coefficient (Wildman–Crippen LogP) is 3.48. The van der Waals surface area contributed by atoms with Gasteiger partial charge in [-0.05, 0) is 12.3 Å². The third kappa shape index (κ3) is 3.95. The number of fused-ring (bicyclic) bond motifs is 1. The molecular weight excluding hydrogens is 320 g/mol. The van der Waals surface area contributed by atoms with Gasteiger partial charge < -0.3 is 18.9 Å². The van der Waals surface area contributed by atoms with E-state index in [0.29, 0.717) is 6.61 Å². The van der Waals surface area contributed by atoms with Gasteiger partial charge in [0.2, 0.25) is 0 Å². The van der Waals surface area contributed by atoms with Gasteiger partial charge in [0.1, 0.15) is 12.2 Å². The highest BCUT2D eigenvalue weighted by Crippen LogP contribution is 2.37. The minimum atomic E-state index is -0.598. The van der Waals surface area contributed by atoms with E-state index in [4.69, 9.17) is 18.9 Å². The lowest BCUT2D eigenvalue weighted by molar-refractivity contribution is -0.311. The van der Waals surface area contributed by atoms with Gasteiger partial charge in [0, 0.05) is 12.7 Å². The summed E-state index contributed by atoms with van der Waals surface area (Å²) in [5, 5.41) is 0. The number of unbranched alkanes of at least 4 members (excludes halogenated alkanes) is 1. The molecule has 0 bridgehead atoms. The summed E-state index contributed by atoms with van der Waals surface area (Å²) in [6.45, 7) is 4.58. The lowest BCUT2D eigenvalue weighted by Crippen LogP contribution is -2.58. The van der Waals surface area contributed by atoms with Gasteiger partial charge in [0.05, 0.1) is 12.5 Å². The molecule has 2 fully saturated rings. The maximum absolute atomic E-state index is 13.2. The van der Waals surface area contributed by atoms with Crippen LogP contribution < -0.4 is 0 Å². The fourth-order valence-corrected chi connectivity index (χ4v) is 3.71.